The second-order valence-corrected chi connectivity index (χ2v) is 3.52. The van der Waals surface area contributed by atoms with Crippen LogP contribution in [0.15, 0.2) is 12.3 Å². The third kappa shape index (κ3) is 3.62. The van der Waals surface area contributed by atoms with Crippen molar-refractivity contribution in [1.29, 1.82) is 0 Å². The molecule has 0 aliphatic rings. The molecule has 7 nitrogen and oxygen atoms in total. The topological polar surface area (TPSA) is 106 Å². The van der Waals surface area contributed by atoms with E-state index in [1.165, 1.54) is 26.3 Å². The summed E-state index contributed by atoms with van der Waals surface area (Å²) < 4.78 is 4.60. The number of amides is 1. The Hall–Kier alpha value is -2.31. The summed E-state index contributed by atoms with van der Waals surface area (Å²) in [4.78, 5) is 26.1. The molecule has 0 aliphatic carbocycles. The number of ether oxygens (including phenoxy) is 1. The zero-order chi connectivity index (χ0) is 13.5. The fourth-order valence-corrected chi connectivity index (χ4v) is 1.32. The SMILES string of the molecule is COC(=O)c1ccnc(NCCNC(C)=O)c1N. The number of esters is 1. The van der Waals surface area contributed by atoms with E-state index < -0.39 is 5.97 Å². The summed E-state index contributed by atoms with van der Waals surface area (Å²) in [5, 5.41) is 5.55. The molecule has 1 aromatic heterocycles. The molecule has 0 saturated carbocycles. The van der Waals surface area contributed by atoms with E-state index in [4.69, 9.17) is 5.73 Å². The standard InChI is InChI=1S/C11H16N4O3/c1-7(16)13-5-6-15-10-9(12)8(3-4-14-10)11(17)18-2/h3-4H,5-6,12H2,1-2H3,(H,13,16)(H,14,15). The summed E-state index contributed by atoms with van der Waals surface area (Å²) in [5.74, 6) is -0.232. The number of carbonyl (C=O) groups excluding carboxylic acids is 2. The molecule has 0 bridgehead atoms. The van der Waals surface area contributed by atoms with Gasteiger partial charge in [-0.05, 0) is 6.07 Å². The first-order chi connectivity index (χ1) is 8.56. The number of pyridine rings is 1. The van der Waals surface area contributed by atoms with Crippen LogP contribution in [0.1, 0.15) is 17.3 Å². The van der Waals surface area contributed by atoms with Gasteiger partial charge in [0.1, 0.15) is 5.82 Å². The van der Waals surface area contributed by atoms with Crippen molar-refractivity contribution in [2.24, 2.45) is 0 Å². The Morgan fingerprint density at radius 3 is 2.78 bits per heavy atom. The summed E-state index contributed by atoms with van der Waals surface area (Å²) in [6, 6.07) is 1.49. The quantitative estimate of drug-likeness (QED) is 0.503. The molecule has 0 saturated heterocycles. The van der Waals surface area contributed by atoms with E-state index in [2.05, 4.69) is 20.4 Å². The highest BCUT2D eigenvalue weighted by atomic mass is 16.5. The lowest BCUT2D eigenvalue weighted by atomic mass is 10.2. The summed E-state index contributed by atoms with van der Waals surface area (Å²) in [7, 11) is 1.28. The average molecular weight is 252 g/mol. The predicted octanol–water partition coefficient (Wildman–Crippen LogP) is -0.00160. The van der Waals surface area contributed by atoms with E-state index in [1.807, 2.05) is 0 Å². The van der Waals surface area contributed by atoms with Crippen LogP contribution in [0.2, 0.25) is 0 Å². The molecule has 0 unspecified atom stereocenters. The zero-order valence-corrected chi connectivity index (χ0v) is 10.3. The molecule has 0 aromatic carbocycles. The van der Waals surface area contributed by atoms with Gasteiger partial charge >= 0.3 is 5.97 Å². The minimum atomic E-state index is -0.514. The van der Waals surface area contributed by atoms with E-state index in [9.17, 15) is 9.59 Å². The largest absolute Gasteiger partial charge is 0.465 e. The van der Waals surface area contributed by atoms with Crippen LogP contribution >= 0.6 is 0 Å². The van der Waals surface area contributed by atoms with Crippen molar-refractivity contribution in [2.75, 3.05) is 31.2 Å². The van der Waals surface area contributed by atoms with Gasteiger partial charge < -0.3 is 21.1 Å². The number of nitrogens with two attached hydrogens (primary N) is 1. The van der Waals surface area contributed by atoms with Crippen molar-refractivity contribution in [3.63, 3.8) is 0 Å². The van der Waals surface area contributed by atoms with Crippen LogP contribution in [0.3, 0.4) is 0 Å². The van der Waals surface area contributed by atoms with Gasteiger partial charge in [-0.2, -0.15) is 0 Å². The maximum Gasteiger partial charge on any atom is 0.340 e. The van der Waals surface area contributed by atoms with Crippen molar-refractivity contribution in [3.05, 3.63) is 17.8 Å². The normalized spacial score (nSPS) is 9.67. The molecule has 1 amide bonds. The highest BCUT2D eigenvalue weighted by Crippen LogP contribution is 2.20. The van der Waals surface area contributed by atoms with Crippen LogP contribution < -0.4 is 16.4 Å². The van der Waals surface area contributed by atoms with Gasteiger partial charge in [0.05, 0.1) is 18.4 Å². The number of nitrogen functional groups attached to an aromatic ring is 1. The minimum Gasteiger partial charge on any atom is -0.465 e. The number of carbonyl (C=O) groups is 2. The first-order valence-electron chi connectivity index (χ1n) is 5.37. The third-order valence-corrected chi connectivity index (χ3v) is 2.19. The number of anilines is 2. The lowest BCUT2D eigenvalue weighted by Gasteiger charge is -2.10. The molecule has 1 heterocycles. The van der Waals surface area contributed by atoms with Crippen molar-refractivity contribution >= 4 is 23.4 Å². The van der Waals surface area contributed by atoms with E-state index in [1.54, 1.807) is 0 Å². The lowest BCUT2D eigenvalue weighted by Crippen LogP contribution is -2.26. The Kier molecular flexibility index (Phi) is 4.91. The van der Waals surface area contributed by atoms with Crippen LogP contribution in [-0.4, -0.2) is 37.1 Å². The highest BCUT2D eigenvalue weighted by Gasteiger charge is 2.13. The van der Waals surface area contributed by atoms with Gasteiger partial charge in [-0.1, -0.05) is 0 Å². The van der Waals surface area contributed by atoms with Gasteiger partial charge in [-0.15, -0.1) is 0 Å². The molecular formula is C11H16N4O3. The Balaban J connectivity index is 2.66. The second kappa shape index (κ2) is 6.43. The monoisotopic (exact) mass is 252 g/mol. The number of rotatable bonds is 5. The first-order valence-corrected chi connectivity index (χ1v) is 5.37. The molecule has 7 heteroatoms. The van der Waals surface area contributed by atoms with Gasteiger partial charge in [0, 0.05) is 26.2 Å². The number of nitrogens with one attached hydrogen (secondary N) is 2. The summed E-state index contributed by atoms with van der Waals surface area (Å²) in [5.41, 5.74) is 6.28. The number of nitrogens with zero attached hydrogens (tertiary/aromatic N) is 1. The fraction of sp³-hybridized carbons (Fsp3) is 0.364. The van der Waals surface area contributed by atoms with Gasteiger partial charge in [0.25, 0.3) is 0 Å². The number of hydrogen-bond acceptors (Lipinski definition) is 6. The van der Waals surface area contributed by atoms with Crippen LogP contribution in [0.5, 0.6) is 0 Å². The molecule has 1 aromatic rings. The molecule has 0 fully saturated rings. The third-order valence-electron chi connectivity index (χ3n) is 2.19. The van der Waals surface area contributed by atoms with Crippen molar-refractivity contribution in [3.8, 4) is 0 Å². The predicted molar refractivity (Wildman–Crippen MR) is 67.2 cm³/mol. The van der Waals surface area contributed by atoms with Gasteiger partial charge in [0.2, 0.25) is 5.91 Å². The lowest BCUT2D eigenvalue weighted by molar-refractivity contribution is -0.118. The Labute approximate surface area is 105 Å². The van der Waals surface area contributed by atoms with Gasteiger partial charge in [0.15, 0.2) is 0 Å². The molecule has 4 N–H and O–H groups in total. The summed E-state index contributed by atoms with van der Waals surface area (Å²) >= 11 is 0. The van der Waals surface area contributed by atoms with Crippen molar-refractivity contribution < 1.29 is 14.3 Å². The van der Waals surface area contributed by atoms with Crippen molar-refractivity contribution in [2.45, 2.75) is 6.92 Å². The van der Waals surface area contributed by atoms with E-state index in [0.29, 0.717) is 18.9 Å². The Morgan fingerprint density at radius 1 is 1.44 bits per heavy atom. The molecule has 0 spiro atoms. The van der Waals surface area contributed by atoms with Crippen LogP contribution in [0, 0.1) is 0 Å². The van der Waals surface area contributed by atoms with E-state index >= 15 is 0 Å². The summed E-state index contributed by atoms with van der Waals surface area (Å²) in [6.45, 7) is 2.34. The molecule has 0 radical (unpaired) electrons. The summed E-state index contributed by atoms with van der Waals surface area (Å²) in [6.07, 6.45) is 1.46. The molecule has 18 heavy (non-hydrogen) atoms. The second-order valence-electron chi connectivity index (χ2n) is 3.52. The van der Waals surface area contributed by atoms with E-state index in [-0.39, 0.29) is 17.2 Å². The maximum absolute atomic E-state index is 11.4. The molecule has 1 rings (SSSR count). The average Bonchev–Trinajstić information content (AvgIpc) is 2.35. The Bertz CT molecular complexity index is 448. The maximum atomic E-state index is 11.4. The number of aromatic nitrogens is 1. The molecule has 98 valence electrons. The highest BCUT2D eigenvalue weighted by molar-refractivity contribution is 5.97. The van der Waals surface area contributed by atoms with Crippen LogP contribution in [-0.2, 0) is 9.53 Å². The smallest absolute Gasteiger partial charge is 0.340 e. The van der Waals surface area contributed by atoms with Gasteiger partial charge in [-0.25, -0.2) is 9.78 Å². The fourth-order valence-electron chi connectivity index (χ4n) is 1.32. The van der Waals surface area contributed by atoms with Crippen molar-refractivity contribution in [1.82, 2.24) is 10.3 Å². The Morgan fingerprint density at radius 2 is 2.17 bits per heavy atom. The zero-order valence-electron chi connectivity index (χ0n) is 10.3. The molecule has 0 aliphatic heterocycles. The molecule has 0 atom stereocenters. The first kappa shape index (κ1) is 13.8. The number of hydrogen-bond donors (Lipinski definition) is 3. The van der Waals surface area contributed by atoms with E-state index in [0.717, 1.165) is 0 Å². The molecular weight excluding hydrogens is 236 g/mol. The van der Waals surface area contributed by atoms with Gasteiger partial charge in [-0.3, -0.25) is 4.79 Å². The van der Waals surface area contributed by atoms with Crippen LogP contribution in [0.25, 0.3) is 0 Å². The number of methoxy groups -OCH3 is 1. The van der Waals surface area contributed by atoms with Crippen LogP contribution in [0.4, 0.5) is 11.5 Å². The minimum absolute atomic E-state index is 0.110.